The maximum Gasteiger partial charge on any atom is 0.260 e. The summed E-state index contributed by atoms with van der Waals surface area (Å²) in [6.45, 7) is 4.58. The van der Waals surface area contributed by atoms with Crippen LogP contribution in [0.1, 0.15) is 27.0 Å². The van der Waals surface area contributed by atoms with Gasteiger partial charge in [-0.3, -0.25) is 14.7 Å². The summed E-state index contributed by atoms with van der Waals surface area (Å²) in [7, 11) is 0. The normalized spacial score (nSPS) is 11.3. The van der Waals surface area contributed by atoms with E-state index in [0.717, 1.165) is 26.0 Å². The summed E-state index contributed by atoms with van der Waals surface area (Å²) in [5, 5.41) is 0.688. The number of aromatic nitrogens is 3. The van der Waals surface area contributed by atoms with Gasteiger partial charge < -0.3 is 0 Å². The molecule has 0 spiro atoms. The summed E-state index contributed by atoms with van der Waals surface area (Å²) >= 11 is 3.07. The molecule has 0 aliphatic carbocycles. The van der Waals surface area contributed by atoms with Crippen molar-refractivity contribution < 1.29 is 4.79 Å². The fraction of sp³-hybridized carbons (Fsp3) is 0.130. The minimum absolute atomic E-state index is 0.0818. The van der Waals surface area contributed by atoms with Crippen LogP contribution in [0, 0.1) is 13.8 Å². The van der Waals surface area contributed by atoms with E-state index in [-0.39, 0.29) is 5.91 Å². The lowest BCUT2D eigenvalue weighted by molar-refractivity contribution is 0.0985. The van der Waals surface area contributed by atoms with Crippen molar-refractivity contribution in [1.82, 2.24) is 15.0 Å². The summed E-state index contributed by atoms with van der Waals surface area (Å²) in [5.74, 6) is -0.0818. The Bertz CT molecular complexity index is 1340. The van der Waals surface area contributed by atoms with E-state index in [1.54, 1.807) is 22.8 Å². The SMILES string of the molecule is Cc1cc2nc(N(Cc3cccnc3)C(=O)c3ccc4ncsc4c3)sc2cc1C. The van der Waals surface area contributed by atoms with Gasteiger partial charge >= 0.3 is 0 Å². The molecule has 7 heteroatoms. The van der Waals surface area contributed by atoms with Crippen LogP contribution in [0.25, 0.3) is 20.4 Å². The summed E-state index contributed by atoms with van der Waals surface area (Å²) in [6.07, 6.45) is 3.52. The molecule has 0 aliphatic rings. The summed E-state index contributed by atoms with van der Waals surface area (Å²) in [4.78, 5) is 28.6. The number of amides is 1. The van der Waals surface area contributed by atoms with Gasteiger partial charge in [-0.05, 0) is 66.9 Å². The summed E-state index contributed by atoms with van der Waals surface area (Å²) in [5.41, 5.74) is 7.61. The maximum absolute atomic E-state index is 13.6. The van der Waals surface area contributed by atoms with Gasteiger partial charge in [0, 0.05) is 18.0 Å². The Morgan fingerprint density at radius 1 is 1.03 bits per heavy atom. The number of carbonyl (C=O) groups is 1. The molecule has 0 radical (unpaired) electrons. The van der Waals surface area contributed by atoms with Gasteiger partial charge in [0.25, 0.3) is 5.91 Å². The Morgan fingerprint density at radius 2 is 1.90 bits per heavy atom. The Balaban J connectivity index is 1.60. The van der Waals surface area contributed by atoms with E-state index in [4.69, 9.17) is 4.98 Å². The first kappa shape index (κ1) is 18.8. The molecule has 0 bridgehead atoms. The molecule has 0 fully saturated rings. The first-order valence-corrected chi connectivity index (χ1v) is 11.2. The van der Waals surface area contributed by atoms with Crippen molar-refractivity contribution in [3.05, 3.63) is 82.6 Å². The van der Waals surface area contributed by atoms with Crippen molar-refractivity contribution in [3.8, 4) is 0 Å². The fourth-order valence-electron chi connectivity index (χ4n) is 3.33. The molecular weight excluding hydrogens is 412 g/mol. The van der Waals surface area contributed by atoms with Crippen LogP contribution < -0.4 is 4.90 Å². The summed E-state index contributed by atoms with van der Waals surface area (Å²) < 4.78 is 2.08. The monoisotopic (exact) mass is 430 g/mol. The quantitative estimate of drug-likeness (QED) is 0.363. The number of pyridine rings is 1. The number of benzene rings is 2. The van der Waals surface area contributed by atoms with Crippen LogP contribution in [0.3, 0.4) is 0 Å². The molecule has 0 N–H and O–H groups in total. The van der Waals surface area contributed by atoms with Crippen molar-refractivity contribution in [1.29, 1.82) is 0 Å². The number of carbonyl (C=O) groups excluding carboxylic acids is 1. The predicted octanol–water partition coefficient (Wildman–Crippen LogP) is 5.76. The molecular formula is C23H18N4OS2. The topological polar surface area (TPSA) is 59.0 Å². The van der Waals surface area contributed by atoms with Crippen LogP contribution in [0.5, 0.6) is 0 Å². The number of nitrogens with zero attached hydrogens (tertiary/aromatic N) is 4. The fourth-order valence-corrected chi connectivity index (χ4v) is 5.09. The molecule has 0 unspecified atom stereocenters. The number of hydrogen-bond acceptors (Lipinski definition) is 6. The highest BCUT2D eigenvalue weighted by Gasteiger charge is 2.22. The molecule has 5 nitrogen and oxygen atoms in total. The van der Waals surface area contributed by atoms with Crippen LogP contribution in [-0.2, 0) is 6.54 Å². The first-order chi connectivity index (χ1) is 14.6. The van der Waals surface area contributed by atoms with Crippen LogP contribution in [0.4, 0.5) is 5.13 Å². The van der Waals surface area contributed by atoms with E-state index in [0.29, 0.717) is 17.2 Å². The second kappa shape index (κ2) is 7.59. The summed E-state index contributed by atoms with van der Waals surface area (Å²) in [6, 6.07) is 13.7. The first-order valence-electron chi connectivity index (χ1n) is 9.50. The highest BCUT2D eigenvalue weighted by atomic mass is 32.1. The van der Waals surface area contributed by atoms with Crippen LogP contribution in [-0.4, -0.2) is 20.9 Å². The molecule has 1 amide bonds. The van der Waals surface area contributed by atoms with Crippen LogP contribution in [0.15, 0.2) is 60.4 Å². The minimum atomic E-state index is -0.0818. The third kappa shape index (κ3) is 3.46. The zero-order valence-electron chi connectivity index (χ0n) is 16.5. The smallest absolute Gasteiger partial charge is 0.260 e. The molecule has 5 aromatic rings. The van der Waals surface area contributed by atoms with Crippen LogP contribution >= 0.6 is 22.7 Å². The van der Waals surface area contributed by atoms with Crippen molar-refractivity contribution in [2.24, 2.45) is 0 Å². The second-order valence-corrected chi connectivity index (χ2v) is 9.08. The van der Waals surface area contributed by atoms with Gasteiger partial charge in [0.1, 0.15) is 0 Å². The number of thiazole rings is 2. The van der Waals surface area contributed by atoms with Crippen molar-refractivity contribution >= 4 is 54.1 Å². The standard InChI is InChI=1S/C23H18N4OS2/c1-14-8-19-21(9-15(14)2)30-23(26-19)27(12-16-4-3-7-24-11-16)22(28)17-5-6-18-20(10-17)29-13-25-18/h3-11,13H,12H2,1-2H3. The van der Waals surface area contributed by atoms with Gasteiger partial charge in [0.05, 0.1) is 32.5 Å². The molecule has 3 aromatic heterocycles. The molecule has 0 aliphatic heterocycles. The third-order valence-corrected chi connectivity index (χ3v) is 6.94. The van der Waals surface area contributed by atoms with Crippen molar-refractivity contribution in [3.63, 3.8) is 0 Å². The van der Waals surface area contributed by atoms with Gasteiger partial charge in [0.15, 0.2) is 5.13 Å². The number of anilines is 1. The molecule has 2 aromatic carbocycles. The van der Waals surface area contributed by atoms with E-state index >= 15 is 0 Å². The Hall–Kier alpha value is -3.16. The van der Waals surface area contributed by atoms with Gasteiger partial charge in [-0.2, -0.15) is 0 Å². The van der Waals surface area contributed by atoms with Gasteiger partial charge in [-0.25, -0.2) is 9.97 Å². The number of fused-ring (bicyclic) bond motifs is 2. The maximum atomic E-state index is 13.6. The molecule has 30 heavy (non-hydrogen) atoms. The Labute approximate surface area is 181 Å². The Morgan fingerprint density at radius 3 is 2.73 bits per heavy atom. The zero-order valence-corrected chi connectivity index (χ0v) is 18.1. The molecule has 148 valence electrons. The molecule has 5 rings (SSSR count). The van der Waals surface area contributed by atoms with E-state index in [9.17, 15) is 4.79 Å². The predicted molar refractivity (Wildman–Crippen MR) is 123 cm³/mol. The lowest BCUT2D eigenvalue weighted by Crippen LogP contribution is -2.30. The largest absolute Gasteiger partial charge is 0.279 e. The zero-order chi connectivity index (χ0) is 20.7. The lowest BCUT2D eigenvalue weighted by atomic mass is 10.1. The van der Waals surface area contributed by atoms with E-state index < -0.39 is 0 Å². The van der Waals surface area contributed by atoms with Crippen LogP contribution in [0.2, 0.25) is 0 Å². The highest BCUT2D eigenvalue weighted by molar-refractivity contribution is 7.22. The lowest BCUT2D eigenvalue weighted by Gasteiger charge is -2.20. The number of rotatable bonds is 4. The molecule has 0 saturated carbocycles. The van der Waals surface area contributed by atoms with E-state index in [2.05, 4.69) is 35.9 Å². The average Bonchev–Trinajstić information content (AvgIpc) is 3.38. The van der Waals surface area contributed by atoms with Crippen molar-refractivity contribution in [2.45, 2.75) is 20.4 Å². The van der Waals surface area contributed by atoms with Gasteiger partial charge in [0.2, 0.25) is 0 Å². The number of aryl methyl sites for hydroxylation is 2. The number of hydrogen-bond donors (Lipinski definition) is 0. The third-order valence-electron chi connectivity index (χ3n) is 5.11. The Kier molecular flexibility index (Phi) is 4.77. The second-order valence-electron chi connectivity index (χ2n) is 7.19. The minimum Gasteiger partial charge on any atom is -0.279 e. The molecule has 3 heterocycles. The van der Waals surface area contributed by atoms with E-state index in [1.165, 1.54) is 33.8 Å². The van der Waals surface area contributed by atoms with Crippen molar-refractivity contribution in [2.75, 3.05) is 4.90 Å². The average molecular weight is 431 g/mol. The van der Waals surface area contributed by atoms with E-state index in [1.807, 2.05) is 30.3 Å². The van der Waals surface area contributed by atoms with Gasteiger partial charge in [-0.1, -0.05) is 17.4 Å². The van der Waals surface area contributed by atoms with Gasteiger partial charge in [-0.15, -0.1) is 11.3 Å². The molecule has 0 saturated heterocycles. The molecule has 0 atom stereocenters. The highest BCUT2D eigenvalue weighted by Crippen LogP contribution is 2.33.